The van der Waals surface area contributed by atoms with E-state index in [0.29, 0.717) is 13.0 Å². The van der Waals surface area contributed by atoms with Crippen LogP contribution in [-0.4, -0.2) is 29.3 Å². The van der Waals surface area contributed by atoms with Crippen LogP contribution in [0.2, 0.25) is 0 Å². The average molecular weight is 306 g/mol. The molecule has 6 nitrogen and oxygen atoms in total. The van der Waals surface area contributed by atoms with Crippen molar-refractivity contribution in [2.24, 2.45) is 5.73 Å². The molecule has 0 aliphatic carbocycles. The Morgan fingerprint density at radius 1 is 1.36 bits per heavy atom. The van der Waals surface area contributed by atoms with Crippen molar-refractivity contribution in [2.45, 2.75) is 31.4 Å². The fraction of sp³-hybridized carbons (Fsp3) is 0.375. The fourth-order valence-corrected chi connectivity index (χ4v) is 2.07. The quantitative estimate of drug-likeness (QED) is 0.606. The number of rotatable bonds is 9. The molecule has 0 saturated carbocycles. The second-order valence-electron chi connectivity index (χ2n) is 4.96. The number of benzene rings is 1. The zero-order valence-corrected chi connectivity index (χ0v) is 12.5. The predicted octanol–water partition coefficient (Wildman–Crippen LogP) is 2.05. The Bertz CT molecular complexity index is 504. The van der Waals surface area contributed by atoms with E-state index in [1.54, 1.807) is 0 Å². The van der Waals surface area contributed by atoms with Crippen LogP contribution in [0, 0.1) is 0 Å². The van der Waals surface area contributed by atoms with E-state index in [1.807, 2.05) is 30.3 Å². The smallest absolute Gasteiger partial charge is 0.408 e. The van der Waals surface area contributed by atoms with Crippen LogP contribution in [0.4, 0.5) is 4.79 Å². The molecule has 22 heavy (non-hydrogen) atoms. The molecule has 0 aliphatic rings. The first-order chi connectivity index (χ1) is 10.5. The highest BCUT2D eigenvalue weighted by Gasteiger charge is 2.38. The molecule has 1 rings (SSSR count). The number of carboxylic acids is 1. The van der Waals surface area contributed by atoms with E-state index in [2.05, 4.69) is 11.9 Å². The third-order valence-corrected chi connectivity index (χ3v) is 3.26. The van der Waals surface area contributed by atoms with Crippen molar-refractivity contribution in [3.05, 3.63) is 48.6 Å². The standard InChI is InChI=1S/C16H22N2O4/c1-2-9-16(14(19)20,10-6-11-17)18-15(21)22-12-13-7-4-3-5-8-13/h2-5,7-8H,1,6,9-12,17H2,(H,18,21)(H,19,20)/t16-/m1/s1. The summed E-state index contributed by atoms with van der Waals surface area (Å²) in [5.74, 6) is -1.13. The Balaban J connectivity index is 2.68. The third-order valence-electron chi connectivity index (χ3n) is 3.26. The molecule has 0 fully saturated rings. The van der Waals surface area contributed by atoms with E-state index < -0.39 is 17.6 Å². The molecule has 0 aromatic heterocycles. The third kappa shape index (κ3) is 5.21. The van der Waals surface area contributed by atoms with Gasteiger partial charge in [-0.15, -0.1) is 6.58 Å². The monoisotopic (exact) mass is 306 g/mol. The molecule has 0 heterocycles. The minimum absolute atomic E-state index is 0.0767. The first-order valence-corrected chi connectivity index (χ1v) is 7.07. The summed E-state index contributed by atoms with van der Waals surface area (Å²) in [7, 11) is 0. The van der Waals surface area contributed by atoms with Gasteiger partial charge in [0.15, 0.2) is 0 Å². The molecule has 0 aliphatic heterocycles. The van der Waals surface area contributed by atoms with Crippen LogP contribution >= 0.6 is 0 Å². The van der Waals surface area contributed by atoms with E-state index in [4.69, 9.17) is 10.5 Å². The molecule has 1 amide bonds. The summed E-state index contributed by atoms with van der Waals surface area (Å²) < 4.78 is 5.08. The zero-order chi connectivity index (χ0) is 16.4. The maximum atomic E-state index is 11.9. The summed E-state index contributed by atoms with van der Waals surface area (Å²) in [5.41, 5.74) is 4.82. The summed E-state index contributed by atoms with van der Waals surface area (Å²) in [6, 6.07) is 9.15. The van der Waals surface area contributed by atoms with E-state index in [0.717, 1.165) is 5.56 Å². The number of aliphatic carboxylic acids is 1. The van der Waals surface area contributed by atoms with Crippen molar-refractivity contribution in [2.75, 3.05) is 6.54 Å². The highest BCUT2D eigenvalue weighted by molar-refractivity contribution is 5.84. The number of ether oxygens (including phenoxy) is 1. The molecule has 0 saturated heterocycles. The highest BCUT2D eigenvalue weighted by Crippen LogP contribution is 2.19. The number of hydrogen-bond acceptors (Lipinski definition) is 4. The Labute approximate surface area is 130 Å². The lowest BCUT2D eigenvalue weighted by Crippen LogP contribution is -2.54. The number of carbonyl (C=O) groups excluding carboxylic acids is 1. The van der Waals surface area contributed by atoms with Crippen LogP contribution in [0.1, 0.15) is 24.8 Å². The van der Waals surface area contributed by atoms with Gasteiger partial charge in [0.25, 0.3) is 0 Å². The van der Waals surface area contributed by atoms with Crippen molar-refractivity contribution in [1.29, 1.82) is 0 Å². The number of carboxylic acid groups (broad SMARTS) is 1. The molecule has 1 aromatic rings. The van der Waals surface area contributed by atoms with Crippen molar-refractivity contribution in [3.63, 3.8) is 0 Å². The van der Waals surface area contributed by atoms with Crippen LogP contribution in [0.25, 0.3) is 0 Å². The van der Waals surface area contributed by atoms with Gasteiger partial charge in [-0.05, 0) is 31.4 Å². The summed E-state index contributed by atoms with van der Waals surface area (Å²) in [6.07, 6.45) is 1.47. The summed E-state index contributed by atoms with van der Waals surface area (Å²) in [4.78, 5) is 23.5. The lowest BCUT2D eigenvalue weighted by molar-refractivity contribution is -0.145. The van der Waals surface area contributed by atoms with Crippen LogP contribution in [0.3, 0.4) is 0 Å². The van der Waals surface area contributed by atoms with Gasteiger partial charge < -0.3 is 20.9 Å². The largest absolute Gasteiger partial charge is 0.479 e. The molecule has 0 spiro atoms. The molecule has 1 atom stereocenters. The Morgan fingerprint density at radius 3 is 2.59 bits per heavy atom. The lowest BCUT2D eigenvalue weighted by atomic mass is 9.89. The Kier molecular flexibility index (Phi) is 7.12. The van der Waals surface area contributed by atoms with Gasteiger partial charge in [-0.25, -0.2) is 9.59 Å². The molecule has 0 unspecified atom stereocenters. The van der Waals surface area contributed by atoms with E-state index in [9.17, 15) is 14.7 Å². The number of hydrogen-bond donors (Lipinski definition) is 3. The van der Waals surface area contributed by atoms with E-state index >= 15 is 0 Å². The maximum absolute atomic E-state index is 11.9. The van der Waals surface area contributed by atoms with E-state index in [1.165, 1.54) is 6.08 Å². The van der Waals surface area contributed by atoms with Crippen LogP contribution in [0.5, 0.6) is 0 Å². The number of nitrogens with one attached hydrogen (secondary N) is 1. The molecule has 4 N–H and O–H groups in total. The minimum atomic E-state index is -1.44. The molecule has 0 radical (unpaired) electrons. The molecular formula is C16H22N2O4. The second kappa shape index (κ2) is 8.84. The van der Waals surface area contributed by atoms with Crippen molar-refractivity contribution >= 4 is 12.1 Å². The fourth-order valence-electron chi connectivity index (χ4n) is 2.07. The summed E-state index contributed by atoms with van der Waals surface area (Å²) >= 11 is 0. The molecular weight excluding hydrogens is 284 g/mol. The van der Waals surface area contributed by atoms with Gasteiger partial charge in [0.2, 0.25) is 0 Å². The van der Waals surface area contributed by atoms with Gasteiger partial charge >= 0.3 is 12.1 Å². The summed E-state index contributed by atoms with van der Waals surface area (Å²) in [6.45, 7) is 3.97. The molecule has 6 heteroatoms. The predicted molar refractivity (Wildman–Crippen MR) is 83.2 cm³/mol. The highest BCUT2D eigenvalue weighted by atomic mass is 16.5. The zero-order valence-electron chi connectivity index (χ0n) is 12.5. The molecule has 1 aromatic carbocycles. The van der Waals surface area contributed by atoms with Crippen LogP contribution < -0.4 is 11.1 Å². The molecule has 120 valence electrons. The molecule has 0 bridgehead atoms. The van der Waals surface area contributed by atoms with Gasteiger partial charge in [0.05, 0.1) is 0 Å². The van der Waals surface area contributed by atoms with Crippen LogP contribution in [-0.2, 0) is 16.1 Å². The van der Waals surface area contributed by atoms with Crippen molar-refractivity contribution in [3.8, 4) is 0 Å². The average Bonchev–Trinajstić information content (AvgIpc) is 2.51. The number of carbonyl (C=O) groups is 2. The van der Waals surface area contributed by atoms with Crippen LogP contribution in [0.15, 0.2) is 43.0 Å². The van der Waals surface area contributed by atoms with Gasteiger partial charge in [0, 0.05) is 0 Å². The maximum Gasteiger partial charge on any atom is 0.408 e. The van der Waals surface area contributed by atoms with Crippen molar-refractivity contribution in [1.82, 2.24) is 5.32 Å². The van der Waals surface area contributed by atoms with Gasteiger partial charge in [-0.2, -0.15) is 0 Å². The second-order valence-corrected chi connectivity index (χ2v) is 4.96. The SMILES string of the molecule is C=CC[C@](CCCN)(NC(=O)OCc1ccccc1)C(=O)O. The first-order valence-electron chi connectivity index (χ1n) is 7.07. The van der Waals surface area contributed by atoms with E-state index in [-0.39, 0.29) is 19.4 Å². The van der Waals surface area contributed by atoms with Gasteiger partial charge in [-0.3, -0.25) is 0 Å². The number of nitrogens with two attached hydrogens (primary N) is 1. The normalized spacial score (nSPS) is 13.0. The minimum Gasteiger partial charge on any atom is -0.479 e. The Hall–Kier alpha value is -2.34. The number of alkyl carbamates (subject to hydrolysis) is 1. The number of amides is 1. The van der Waals surface area contributed by atoms with Crippen molar-refractivity contribution < 1.29 is 19.4 Å². The van der Waals surface area contributed by atoms with Gasteiger partial charge in [-0.1, -0.05) is 36.4 Å². The summed E-state index contributed by atoms with van der Waals surface area (Å²) in [5, 5.41) is 11.9. The topological polar surface area (TPSA) is 102 Å². The Morgan fingerprint density at radius 2 is 2.05 bits per heavy atom. The van der Waals surface area contributed by atoms with Gasteiger partial charge in [0.1, 0.15) is 12.1 Å². The lowest BCUT2D eigenvalue weighted by Gasteiger charge is -2.29. The first kappa shape index (κ1) is 17.7.